The van der Waals surface area contributed by atoms with Crippen LogP contribution in [0, 0.1) is 0 Å². The van der Waals surface area contributed by atoms with Gasteiger partial charge in [-0.15, -0.1) is 0 Å². The summed E-state index contributed by atoms with van der Waals surface area (Å²) in [5.74, 6) is 0.457. The van der Waals surface area contributed by atoms with Gasteiger partial charge < -0.3 is 5.11 Å². The number of benzene rings is 1. The van der Waals surface area contributed by atoms with Gasteiger partial charge in [0.05, 0.1) is 11.0 Å². The van der Waals surface area contributed by atoms with Crippen molar-refractivity contribution in [1.82, 2.24) is 4.72 Å². The number of hydrogen-bond donors (Lipinski definition) is 2. The average molecular weight is 333 g/mol. The predicted molar refractivity (Wildman–Crippen MR) is 85.0 cm³/mol. The van der Waals surface area contributed by atoms with Crippen molar-refractivity contribution in [3.8, 4) is 0 Å². The summed E-state index contributed by atoms with van der Waals surface area (Å²) in [4.78, 5) is 0.136. The summed E-state index contributed by atoms with van der Waals surface area (Å²) in [6.45, 7) is 3.58. The second-order valence-corrected chi connectivity index (χ2v) is 8.35. The van der Waals surface area contributed by atoms with E-state index in [4.69, 9.17) is 0 Å². The first-order valence-corrected chi connectivity index (χ1v) is 10.1. The van der Waals surface area contributed by atoms with Crippen LogP contribution < -0.4 is 4.72 Å². The van der Waals surface area contributed by atoms with Gasteiger partial charge in [0, 0.05) is 28.9 Å². The van der Waals surface area contributed by atoms with Gasteiger partial charge in [0.25, 0.3) is 0 Å². The van der Waals surface area contributed by atoms with Crippen LogP contribution in [0.2, 0.25) is 0 Å². The largest absolute Gasteiger partial charge is 0.388 e. The van der Waals surface area contributed by atoms with Crippen LogP contribution in [-0.4, -0.2) is 35.8 Å². The van der Waals surface area contributed by atoms with Crippen LogP contribution in [0.5, 0.6) is 0 Å². The standard InChI is InChI=1S/C14H23NO4S2/c1-4-14(16)12-6-5-7-13(10-12)21(18,19)15-11(2)8-9-20(3)17/h5-7,10-11,14-16H,4,8-9H2,1-3H3. The highest BCUT2D eigenvalue weighted by Gasteiger charge is 2.18. The van der Waals surface area contributed by atoms with Gasteiger partial charge in [-0.1, -0.05) is 19.1 Å². The molecule has 1 rings (SSSR count). The van der Waals surface area contributed by atoms with Crippen LogP contribution in [0.15, 0.2) is 29.2 Å². The van der Waals surface area contributed by atoms with Gasteiger partial charge in [-0.25, -0.2) is 13.1 Å². The summed E-state index contributed by atoms with van der Waals surface area (Å²) in [6.07, 6.45) is 1.96. The third-order valence-corrected chi connectivity index (χ3v) is 5.53. The van der Waals surface area contributed by atoms with Gasteiger partial charge in [0.1, 0.15) is 0 Å². The minimum atomic E-state index is -3.63. The van der Waals surface area contributed by atoms with Gasteiger partial charge in [0.2, 0.25) is 10.0 Å². The van der Waals surface area contributed by atoms with E-state index in [0.717, 1.165) is 0 Å². The fourth-order valence-electron chi connectivity index (χ4n) is 1.86. The minimum Gasteiger partial charge on any atom is -0.388 e. The lowest BCUT2D eigenvalue weighted by Crippen LogP contribution is -2.33. The number of hydrogen-bond acceptors (Lipinski definition) is 4. The first-order valence-electron chi connectivity index (χ1n) is 6.86. The second-order valence-electron chi connectivity index (χ2n) is 5.08. The number of sulfonamides is 1. The van der Waals surface area contributed by atoms with E-state index in [1.807, 2.05) is 6.92 Å². The molecule has 0 fully saturated rings. The third kappa shape index (κ3) is 5.86. The molecule has 0 aliphatic rings. The Labute approximate surface area is 129 Å². The molecule has 2 N–H and O–H groups in total. The van der Waals surface area contributed by atoms with Crippen molar-refractivity contribution in [2.45, 2.75) is 43.7 Å². The number of aliphatic hydroxyl groups excluding tert-OH is 1. The molecule has 0 heterocycles. The zero-order valence-corrected chi connectivity index (χ0v) is 14.2. The second kappa shape index (κ2) is 8.03. The lowest BCUT2D eigenvalue weighted by molar-refractivity contribution is 0.173. The van der Waals surface area contributed by atoms with Crippen molar-refractivity contribution in [2.75, 3.05) is 12.0 Å². The van der Waals surface area contributed by atoms with Crippen molar-refractivity contribution >= 4 is 20.8 Å². The molecule has 3 unspecified atom stereocenters. The van der Waals surface area contributed by atoms with E-state index >= 15 is 0 Å². The van der Waals surface area contributed by atoms with Crippen LogP contribution in [0.4, 0.5) is 0 Å². The van der Waals surface area contributed by atoms with Gasteiger partial charge in [0.15, 0.2) is 0 Å². The Morgan fingerprint density at radius 1 is 1.38 bits per heavy atom. The molecule has 7 heteroatoms. The number of rotatable bonds is 8. The zero-order chi connectivity index (χ0) is 16.0. The van der Waals surface area contributed by atoms with E-state index in [0.29, 0.717) is 24.2 Å². The maximum Gasteiger partial charge on any atom is 0.240 e. The number of nitrogens with one attached hydrogen (secondary N) is 1. The Morgan fingerprint density at radius 3 is 2.62 bits per heavy atom. The van der Waals surface area contributed by atoms with E-state index in [1.165, 1.54) is 12.1 Å². The highest BCUT2D eigenvalue weighted by molar-refractivity contribution is 7.89. The Balaban J connectivity index is 2.85. The molecular weight excluding hydrogens is 310 g/mol. The van der Waals surface area contributed by atoms with Gasteiger partial charge in [-0.05, 0) is 37.5 Å². The molecule has 0 aliphatic heterocycles. The normalized spacial score (nSPS) is 16.4. The molecule has 0 amide bonds. The predicted octanol–water partition coefficient (Wildman–Crippen LogP) is 1.57. The highest BCUT2D eigenvalue weighted by atomic mass is 32.2. The van der Waals surface area contributed by atoms with E-state index in [9.17, 15) is 17.7 Å². The van der Waals surface area contributed by atoms with Crippen LogP contribution >= 0.6 is 0 Å². The van der Waals surface area contributed by atoms with E-state index in [1.54, 1.807) is 25.3 Å². The summed E-state index contributed by atoms with van der Waals surface area (Å²) < 4.78 is 38.2. The molecule has 1 aromatic carbocycles. The summed E-state index contributed by atoms with van der Waals surface area (Å²) in [7, 11) is -4.57. The third-order valence-electron chi connectivity index (χ3n) is 3.13. The first-order chi connectivity index (χ1) is 9.76. The van der Waals surface area contributed by atoms with Crippen LogP contribution in [0.3, 0.4) is 0 Å². The molecule has 0 spiro atoms. The molecular formula is C14H23NO4S2. The fraction of sp³-hybridized carbons (Fsp3) is 0.571. The molecule has 0 aliphatic carbocycles. The van der Waals surface area contributed by atoms with Crippen molar-refractivity contribution in [3.05, 3.63) is 29.8 Å². The first kappa shape index (κ1) is 18.3. The molecule has 120 valence electrons. The lowest BCUT2D eigenvalue weighted by Gasteiger charge is -2.15. The quantitative estimate of drug-likeness (QED) is 0.756. The molecule has 0 radical (unpaired) electrons. The Kier molecular flexibility index (Phi) is 6.99. The van der Waals surface area contributed by atoms with Crippen LogP contribution in [0.25, 0.3) is 0 Å². The van der Waals surface area contributed by atoms with E-state index < -0.39 is 26.9 Å². The molecule has 5 nitrogen and oxygen atoms in total. The molecule has 0 aromatic heterocycles. The van der Waals surface area contributed by atoms with Crippen molar-refractivity contribution in [2.24, 2.45) is 0 Å². The molecule has 0 saturated heterocycles. The average Bonchev–Trinajstić information content (AvgIpc) is 2.44. The van der Waals surface area contributed by atoms with Crippen LogP contribution in [0.1, 0.15) is 38.4 Å². The number of aliphatic hydroxyl groups is 1. The van der Waals surface area contributed by atoms with E-state index in [-0.39, 0.29) is 10.9 Å². The summed E-state index contributed by atoms with van der Waals surface area (Å²) in [6, 6.07) is 6.02. The molecule has 0 bridgehead atoms. The van der Waals surface area contributed by atoms with Gasteiger partial charge >= 0.3 is 0 Å². The Hall–Kier alpha value is -0.760. The SMILES string of the molecule is CCC(O)c1cccc(S(=O)(=O)NC(C)CCS(C)=O)c1. The van der Waals surface area contributed by atoms with Crippen molar-refractivity contribution < 1.29 is 17.7 Å². The van der Waals surface area contributed by atoms with Crippen molar-refractivity contribution in [1.29, 1.82) is 0 Å². The van der Waals surface area contributed by atoms with Gasteiger partial charge in [-0.3, -0.25) is 4.21 Å². The van der Waals surface area contributed by atoms with Crippen LogP contribution in [-0.2, 0) is 20.8 Å². The Bertz CT molecular complexity index is 586. The molecule has 21 heavy (non-hydrogen) atoms. The maximum absolute atomic E-state index is 12.3. The Morgan fingerprint density at radius 2 is 2.05 bits per heavy atom. The molecule has 0 saturated carbocycles. The fourth-order valence-corrected chi connectivity index (χ4v) is 3.88. The summed E-state index contributed by atoms with van der Waals surface area (Å²) in [5.41, 5.74) is 0.586. The topological polar surface area (TPSA) is 83.5 Å². The lowest BCUT2D eigenvalue weighted by atomic mass is 10.1. The zero-order valence-electron chi connectivity index (χ0n) is 12.6. The highest BCUT2D eigenvalue weighted by Crippen LogP contribution is 2.20. The summed E-state index contributed by atoms with van der Waals surface area (Å²) in [5, 5.41) is 9.80. The van der Waals surface area contributed by atoms with E-state index in [2.05, 4.69) is 4.72 Å². The maximum atomic E-state index is 12.3. The van der Waals surface area contributed by atoms with Crippen molar-refractivity contribution in [3.63, 3.8) is 0 Å². The minimum absolute atomic E-state index is 0.136. The smallest absolute Gasteiger partial charge is 0.240 e. The van der Waals surface area contributed by atoms with Gasteiger partial charge in [-0.2, -0.15) is 0 Å². The molecule has 1 aromatic rings. The summed E-state index contributed by atoms with van der Waals surface area (Å²) >= 11 is 0. The molecule has 3 atom stereocenters. The monoisotopic (exact) mass is 333 g/mol.